The molecule has 0 bridgehead atoms. The molecule has 0 aliphatic carbocycles. The molecule has 1 N–H and O–H groups in total. The molecule has 0 saturated heterocycles. The number of aryl methyl sites for hydroxylation is 2. The minimum absolute atomic E-state index is 0.111. The van der Waals surface area contributed by atoms with Crippen molar-refractivity contribution in [3.8, 4) is 11.3 Å². The van der Waals surface area contributed by atoms with Gasteiger partial charge in [-0.2, -0.15) is 5.10 Å². The number of carboxylic acid groups (broad SMARTS) is 1. The van der Waals surface area contributed by atoms with Crippen molar-refractivity contribution in [2.75, 3.05) is 0 Å². The Hall–Kier alpha value is -2.24. The molecule has 0 spiro atoms. The van der Waals surface area contributed by atoms with E-state index in [1.54, 1.807) is 20.2 Å². The van der Waals surface area contributed by atoms with Crippen molar-refractivity contribution in [3.63, 3.8) is 0 Å². The first kappa shape index (κ1) is 10.3. The van der Waals surface area contributed by atoms with Crippen molar-refractivity contribution in [1.29, 1.82) is 0 Å². The van der Waals surface area contributed by atoms with Gasteiger partial charge in [0.25, 0.3) is 0 Å². The fraction of sp³-hybridized carbons (Fsp3) is 0.200. The second-order valence-corrected chi connectivity index (χ2v) is 3.38. The molecule has 2 aromatic rings. The Kier molecular flexibility index (Phi) is 2.40. The third kappa shape index (κ3) is 1.65. The van der Waals surface area contributed by atoms with Crippen LogP contribution < -0.4 is 0 Å². The Morgan fingerprint density at radius 2 is 2.12 bits per heavy atom. The minimum Gasteiger partial charge on any atom is -0.477 e. The van der Waals surface area contributed by atoms with Crippen LogP contribution in [0.1, 0.15) is 16.2 Å². The van der Waals surface area contributed by atoms with E-state index >= 15 is 0 Å². The molecule has 0 fully saturated rings. The average molecular weight is 218 g/mol. The van der Waals surface area contributed by atoms with Crippen LogP contribution in [-0.2, 0) is 7.05 Å². The number of nitrogens with zero attached hydrogens (tertiary/aromatic N) is 4. The Morgan fingerprint density at radius 1 is 1.38 bits per heavy atom. The number of carbonyl (C=O) groups is 1. The van der Waals surface area contributed by atoms with Gasteiger partial charge in [-0.15, -0.1) is 0 Å². The second kappa shape index (κ2) is 3.73. The Bertz CT molecular complexity index is 548. The highest BCUT2D eigenvalue weighted by molar-refractivity contribution is 5.93. The summed E-state index contributed by atoms with van der Waals surface area (Å²) in [5.74, 6) is -1.03. The number of hydrogen-bond acceptors (Lipinski definition) is 4. The molecule has 2 rings (SSSR count). The molecule has 16 heavy (non-hydrogen) atoms. The summed E-state index contributed by atoms with van der Waals surface area (Å²) in [6.07, 6.45) is 4.61. The quantitative estimate of drug-likeness (QED) is 0.809. The first-order valence-electron chi connectivity index (χ1n) is 4.64. The van der Waals surface area contributed by atoms with Crippen molar-refractivity contribution < 1.29 is 9.90 Å². The van der Waals surface area contributed by atoms with E-state index < -0.39 is 5.97 Å². The maximum absolute atomic E-state index is 11.1. The van der Waals surface area contributed by atoms with E-state index in [4.69, 9.17) is 5.11 Å². The van der Waals surface area contributed by atoms with E-state index in [2.05, 4.69) is 15.1 Å². The van der Waals surface area contributed by atoms with Crippen LogP contribution in [0, 0.1) is 6.92 Å². The maximum atomic E-state index is 11.1. The lowest BCUT2D eigenvalue weighted by atomic mass is 10.2. The number of hydrogen-bond donors (Lipinski definition) is 1. The van der Waals surface area contributed by atoms with Crippen LogP contribution in [0.15, 0.2) is 18.6 Å². The van der Waals surface area contributed by atoms with Crippen LogP contribution in [0.5, 0.6) is 0 Å². The molecule has 0 atom stereocenters. The van der Waals surface area contributed by atoms with Crippen molar-refractivity contribution in [2.24, 2.45) is 7.05 Å². The molecule has 0 aliphatic rings. The summed E-state index contributed by atoms with van der Waals surface area (Å²) in [4.78, 5) is 19.3. The van der Waals surface area contributed by atoms with Gasteiger partial charge >= 0.3 is 5.97 Å². The number of carboxylic acids is 1. The molecule has 6 heteroatoms. The zero-order chi connectivity index (χ0) is 11.7. The zero-order valence-corrected chi connectivity index (χ0v) is 8.88. The topological polar surface area (TPSA) is 80.9 Å². The lowest BCUT2D eigenvalue weighted by Crippen LogP contribution is -2.07. The molecule has 0 aliphatic heterocycles. The summed E-state index contributed by atoms with van der Waals surface area (Å²) in [5.41, 5.74) is 1.84. The predicted molar refractivity (Wildman–Crippen MR) is 55.9 cm³/mol. The Balaban J connectivity index is 2.60. The highest BCUT2D eigenvalue weighted by Gasteiger charge is 2.18. The van der Waals surface area contributed by atoms with Gasteiger partial charge in [-0.05, 0) is 6.92 Å². The first-order chi connectivity index (χ1) is 7.59. The molecular formula is C10H10N4O2. The van der Waals surface area contributed by atoms with E-state index in [0.29, 0.717) is 11.3 Å². The van der Waals surface area contributed by atoms with Gasteiger partial charge in [0.15, 0.2) is 5.69 Å². The molecule has 0 unspecified atom stereocenters. The molecule has 2 aromatic heterocycles. The fourth-order valence-corrected chi connectivity index (χ4v) is 1.47. The maximum Gasteiger partial charge on any atom is 0.354 e. The summed E-state index contributed by atoms with van der Waals surface area (Å²) in [6.45, 7) is 1.80. The van der Waals surface area contributed by atoms with Gasteiger partial charge in [-0.1, -0.05) is 0 Å². The summed E-state index contributed by atoms with van der Waals surface area (Å²) in [7, 11) is 1.58. The van der Waals surface area contributed by atoms with Crippen LogP contribution in [0.4, 0.5) is 0 Å². The third-order valence-electron chi connectivity index (χ3n) is 2.17. The summed E-state index contributed by atoms with van der Waals surface area (Å²) < 4.78 is 1.31. The summed E-state index contributed by atoms with van der Waals surface area (Å²) in [6, 6.07) is 0. The predicted octanol–water partition coefficient (Wildman–Crippen LogP) is 0.884. The zero-order valence-electron chi connectivity index (χ0n) is 8.88. The SMILES string of the molecule is Cc1cncc(-c2cnn(C)c2C(=O)O)n1. The van der Waals surface area contributed by atoms with Crippen molar-refractivity contribution in [2.45, 2.75) is 6.92 Å². The molecule has 0 amide bonds. The van der Waals surface area contributed by atoms with Crippen molar-refractivity contribution in [3.05, 3.63) is 30.0 Å². The van der Waals surface area contributed by atoms with Crippen molar-refractivity contribution >= 4 is 5.97 Å². The monoisotopic (exact) mass is 218 g/mol. The van der Waals surface area contributed by atoms with Gasteiger partial charge in [0, 0.05) is 13.2 Å². The molecule has 82 valence electrons. The standard InChI is InChI=1S/C10H10N4O2/c1-6-3-11-5-8(13-6)7-4-12-14(2)9(7)10(15)16/h3-5H,1-2H3,(H,15,16). The summed E-state index contributed by atoms with van der Waals surface area (Å²) >= 11 is 0. The number of aromatic carboxylic acids is 1. The van der Waals surface area contributed by atoms with E-state index in [1.165, 1.54) is 17.1 Å². The van der Waals surface area contributed by atoms with Gasteiger partial charge in [-0.3, -0.25) is 9.67 Å². The highest BCUT2D eigenvalue weighted by atomic mass is 16.4. The normalized spacial score (nSPS) is 10.4. The van der Waals surface area contributed by atoms with Crippen molar-refractivity contribution in [1.82, 2.24) is 19.7 Å². The second-order valence-electron chi connectivity index (χ2n) is 3.38. The van der Waals surface area contributed by atoms with E-state index in [0.717, 1.165) is 5.69 Å². The van der Waals surface area contributed by atoms with Crippen LogP contribution >= 0.6 is 0 Å². The van der Waals surface area contributed by atoms with Gasteiger partial charge in [-0.25, -0.2) is 9.78 Å². The fourth-order valence-electron chi connectivity index (χ4n) is 1.47. The smallest absolute Gasteiger partial charge is 0.354 e. The van der Waals surface area contributed by atoms with E-state index in [-0.39, 0.29) is 5.69 Å². The number of aromatic nitrogens is 4. The van der Waals surface area contributed by atoms with Gasteiger partial charge in [0.2, 0.25) is 0 Å². The van der Waals surface area contributed by atoms with Crippen LogP contribution in [0.3, 0.4) is 0 Å². The van der Waals surface area contributed by atoms with Crippen LogP contribution in [0.2, 0.25) is 0 Å². The molecular weight excluding hydrogens is 208 g/mol. The first-order valence-corrected chi connectivity index (χ1v) is 4.64. The van der Waals surface area contributed by atoms with Gasteiger partial charge in [0.1, 0.15) is 0 Å². The van der Waals surface area contributed by atoms with Gasteiger partial charge in [0.05, 0.1) is 29.3 Å². The molecule has 0 aromatic carbocycles. The molecule has 0 radical (unpaired) electrons. The number of rotatable bonds is 2. The Morgan fingerprint density at radius 3 is 2.75 bits per heavy atom. The third-order valence-corrected chi connectivity index (χ3v) is 2.17. The van der Waals surface area contributed by atoms with Crippen LogP contribution in [0.25, 0.3) is 11.3 Å². The molecule has 2 heterocycles. The van der Waals surface area contributed by atoms with E-state index in [1.807, 2.05) is 0 Å². The molecule has 0 saturated carbocycles. The van der Waals surface area contributed by atoms with Gasteiger partial charge < -0.3 is 5.11 Å². The molecule has 6 nitrogen and oxygen atoms in total. The lowest BCUT2D eigenvalue weighted by Gasteiger charge is -2.01. The summed E-state index contributed by atoms with van der Waals surface area (Å²) in [5, 5.41) is 13.0. The largest absolute Gasteiger partial charge is 0.477 e. The average Bonchev–Trinajstić information content (AvgIpc) is 2.60. The van der Waals surface area contributed by atoms with Crippen LogP contribution in [-0.4, -0.2) is 30.8 Å². The Labute approximate surface area is 91.6 Å². The minimum atomic E-state index is -1.03. The highest BCUT2D eigenvalue weighted by Crippen LogP contribution is 2.20. The lowest BCUT2D eigenvalue weighted by molar-refractivity contribution is 0.0686. The van der Waals surface area contributed by atoms with E-state index in [9.17, 15) is 4.79 Å².